The van der Waals surface area contributed by atoms with E-state index < -0.39 is 0 Å². The van der Waals surface area contributed by atoms with Crippen LogP contribution in [0.25, 0.3) is 5.65 Å². The van der Waals surface area contributed by atoms with Crippen molar-refractivity contribution in [2.45, 2.75) is 46.3 Å². The average molecular weight is 275 g/mol. The highest BCUT2D eigenvalue weighted by atomic mass is 16.2. The lowest BCUT2D eigenvalue weighted by molar-refractivity contribution is -0.123. The maximum Gasteiger partial charge on any atom is 0.237 e. The van der Waals surface area contributed by atoms with Gasteiger partial charge in [-0.1, -0.05) is 0 Å². The first-order valence-electron chi connectivity index (χ1n) is 6.80. The Kier molecular flexibility index (Phi) is 4.34. The third-order valence-corrected chi connectivity index (χ3v) is 2.93. The van der Waals surface area contributed by atoms with Gasteiger partial charge in [0.25, 0.3) is 0 Å². The highest BCUT2D eigenvalue weighted by molar-refractivity contribution is 5.81. The van der Waals surface area contributed by atoms with E-state index in [4.69, 9.17) is 0 Å². The van der Waals surface area contributed by atoms with E-state index in [1.807, 2.05) is 40.0 Å². The molecule has 20 heavy (non-hydrogen) atoms. The van der Waals surface area contributed by atoms with Crippen LogP contribution >= 0.6 is 0 Å². The molecule has 1 atom stereocenters. The SMILES string of the molecule is Cc1cc2ncc(CNC(C)C(=O)NC(C)C)cn2n1. The van der Waals surface area contributed by atoms with Gasteiger partial charge in [-0.3, -0.25) is 4.79 Å². The minimum Gasteiger partial charge on any atom is -0.353 e. The highest BCUT2D eigenvalue weighted by Crippen LogP contribution is 2.04. The van der Waals surface area contributed by atoms with Crippen molar-refractivity contribution < 1.29 is 4.79 Å². The summed E-state index contributed by atoms with van der Waals surface area (Å²) >= 11 is 0. The van der Waals surface area contributed by atoms with Crippen LogP contribution in [0.15, 0.2) is 18.5 Å². The molecule has 0 aliphatic rings. The Morgan fingerprint density at radius 1 is 1.40 bits per heavy atom. The molecule has 108 valence electrons. The van der Waals surface area contributed by atoms with Gasteiger partial charge in [-0.05, 0) is 27.7 Å². The Balaban J connectivity index is 1.96. The zero-order chi connectivity index (χ0) is 14.7. The van der Waals surface area contributed by atoms with Crippen LogP contribution in [0, 0.1) is 6.92 Å². The number of hydrogen-bond acceptors (Lipinski definition) is 4. The third-order valence-electron chi connectivity index (χ3n) is 2.93. The first kappa shape index (κ1) is 14.5. The van der Waals surface area contributed by atoms with Gasteiger partial charge in [-0.25, -0.2) is 9.50 Å². The van der Waals surface area contributed by atoms with Crippen LogP contribution in [-0.2, 0) is 11.3 Å². The predicted molar refractivity (Wildman–Crippen MR) is 77.3 cm³/mol. The fourth-order valence-corrected chi connectivity index (χ4v) is 1.90. The first-order valence-corrected chi connectivity index (χ1v) is 6.80. The van der Waals surface area contributed by atoms with Crippen LogP contribution in [-0.4, -0.2) is 32.6 Å². The summed E-state index contributed by atoms with van der Waals surface area (Å²) in [6.07, 6.45) is 3.73. The van der Waals surface area contributed by atoms with E-state index in [-0.39, 0.29) is 18.0 Å². The predicted octanol–water partition coefficient (Wildman–Crippen LogP) is 1.04. The molecule has 0 radical (unpaired) electrons. The topological polar surface area (TPSA) is 71.3 Å². The van der Waals surface area contributed by atoms with Crippen LogP contribution < -0.4 is 10.6 Å². The lowest BCUT2D eigenvalue weighted by atomic mass is 10.2. The molecule has 2 rings (SSSR count). The minimum absolute atomic E-state index is 0.00368. The van der Waals surface area contributed by atoms with Crippen molar-refractivity contribution in [2.24, 2.45) is 0 Å². The summed E-state index contributed by atoms with van der Waals surface area (Å²) in [5.74, 6) is 0.00368. The number of rotatable bonds is 5. The maximum atomic E-state index is 11.8. The standard InChI is InChI=1S/C14H21N5O/c1-9(2)17-14(20)11(4)15-6-12-7-16-13-5-10(3)18-19(13)8-12/h5,7-9,11,15H,6H2,1-4H3,(H,17,20). The van der Waals surface area contributed by atoms with Gasteiger partial charge in [0.2, 0.25) is 5.91 Å². The molecule has 2 heterocycles. The summed E-state index contributed by atoms with van der Waals surface area (Å²) in [6, 6.07) is 1.83. The fraction of sp³-hybridized carbons (Fsp3) is 0.500. The van der Waals surface area contributed by atoms with Crippen LogP contribution in [0.3, 0.4) is 0 Å². The molecule has 0 aromatic carbocycles. The monoisotopic (exact) mass is 275 g/mol. The Labute approximate surface area is 118 Å². The maximum absolute atomic E-state index is 11.8. The molecule has 0 bridgehead atoms. The molecule has 6 nitrogen and oxygen atoms in total. The second-order valence-corrected chi connectivity index (χ2v) is 5.32. The summed E-state index contributed by atoms with van der Waals surface area (Å²) in [5, 5.41) is 10.4. The third kappa shape index (κ3) is 3.54. The van der Waals surface area contributed by atoms with Gasteiger partial charge in [0.1, 0.15) is 0 Å². The number of amides is 1. The van der Waals surface area contributed by atoms with Crippen LogP contribution in [0.5, 0.6) is 0 Å². The minimum atomic E-state index is -0.243. The van der Waals surface area contributed by atoms with Gasteiger partial charge in [-0.15, -0.1) is 0 Å². The number of nitrogens with zero attached hydrogens (tertiary/aromatic N) is 3. The van der Waals surface area contributed by atoms with Crippen LogP contribution in [0.2, 0.25) is 0 Å². The molecular formula is C14H21N5O. The smallest absolute Gasteiger partial charge is 0.237 e. The van der Waals surface area contributed by atoms with E-state index in [0.29, 0.717) is 6.54 Å². The largest absolute Gasteiger partial charge is 0.353 e. The number of aryl methyl sites for hydroxylation is 1. The molecule has 0 saturated heterocycles. The zero-order valence-corrected chi connectivity index (χ0v) is 12.3. The normalized spacial score (nSPS) is 12.8. The van der Waals surface area contributed by atoms with E-state index in [2.05, 4.69) is 20.7 Å². The Morgan fingerprint density at radius 2 is 2.15 bits per heavy atom. The van der Waals surface area contributed by atoms with E-state index in [1.165, 1.54) is 0 Å². The van der Waals surface area contributed by atoms with Crippen molar-refractivity contribution >= 4 is 11.6 Å². The molecule has 0 aliphatic carbocycles. The van der Waals surface area contributed by atoms with E-state index in [9.17, 15) is 4.79 Å². The van der Waals surface area contributed by atoms with Crippen LogP contribution in [0.1, 0.15) is 32.0 Å². The van der Waals surface area contributed by atoms with Crippen LogP contribution in [0.4, 0.5) is 0 Å². The fourth-order valence-electron chi connectivity index (χ4n) is 1.90. The van der Waals surface area contributed by atoms with E-state index >= 15 is 0 Å². The molecule has 1 amide bonds. The summed E-state index contributed by atoms with van der Waals surface area (Å²) in [6.45, 7) is 8.26. The quantitative estimate of drug-likeness (QED) is 0.855. The molecular weight excluding hydrogens is 254 g/mol. The molecule has 0 aliphatic heterocycles. The van der Waals surface area contributed by atoms with Crippen molar-refractivity contribution in [3.8, 4) is 0 Å². The van der Waals surface area contributed by atoms with Crippen molar-refractivity contribution in [1.29, 1.82) is 0 Å². The second-order valence-electron chi connectivity index (χ2n) is 5.32. The number of nitrogens with one attached hydrogen (secondary N) is 2. The van der Waals surface area contributed by atoms with Gasteiger partial charge >= 0.3 is 0 Å². The number of carbonyl (C=O) groups excluding carboxylic acids is 1. The Bertz CT molecular complexity index is 605. The summed E-state index contributed by atoms with van der Waals surface area (Å²) in [4.78, 5) is 16.1. The molecule has 0 saturated carbocycles. The average Bonchev–Trinajstić information content (AvgIpc) is 2.74. The van der Waals surface area contributed by atoms with Crippen molar-refractivity contribution in [1.82, 2.24) is 25.2 Å². The van der Waals surface area contributed by atoms with Gasteiger partial charge in [-0.2, -0.15) is 5.10 Å². The molecule has 2 aromatic heterocycles. The lowest BCUT2D eigenvalue weighted by Gasteiger charge is -2.15. The molecule has 0 fully saturated rings. The molecule has 6 heteroatoms. The number of hydrogen-bond donors (Lipinski definition) is 2. The van der Waals surface area contributed by atoms with Crippen molar-refractivity contribution in [2.75, 3.05) is 0 Å². The number of fused-ring (bicyclic) bond motifs is 1. The highest BCUT2D eigenvalue weighted by Gasteiger charge is 2.12. The molecule has 0 spiro atoms. The van der Waals surface area contributed by atoms with Crippen molar-refractivity contribution in [3.63, 3.8) is 0 Å². The Hall–Kier alpha value is -1.95. The molecule has 2 aromatic rings. The molecule has 2 N–H and O–H groups in total. The van der Waals surface area contributed by atoms with Gasteiger partial charge in [0.05, 0.1) is 11.7 Å². The Morgan fingerprint density at radius 3 is 2.85 bits per heavy atom. The number of carbonyl (C=O) groups is 1. The number of aromatic nitrogens is 3. The van der Waals surface area contributed by atoms with Gasteiger partial charge in [0.15, 0.2) is 5.65 Å². The van der Waals surface area contributed by atoms with Gasteiger partial charge < -0.3 is 10.6 Å². The molecule has 1 unspecified atom stereocenters. The summed E-state index contributed by atoms with van der Waals surface area (Å²) in [7, 11) is 0. The first-order chi connectivity index (χ1) is 9.45. The summed E-state index contributed by atoms with van der Waals surface area (Å²) in [5.41, 5.74) is 2.76. The lowest BCUT2D eigenvalue weighted by Crippen LogP contribution is -2.44. The zero-order valence-electron chi connectivity index (χ0n) is 12.3. The second kappa shape index (κ2) is 6.00. The summed E-state index contributed by atoms with van der Waals surface area (Å²) < 4.78 is 1.76. The van der Waals surface area contributed by atoms with E-state index in [0.717, 1.165) is 16.9 Å². The van der Waals surface area contributed by atoms with E-state index in [1.54, 1.807) is 10.7 Å². The van der Waals surface area contributed by atoms with Gasteiger partial charge in [0, 0.05) is 36.6 Å². The van der Waals surface area contributed by atoms with Crippen molar-refractivity contribution in [3.05, 3.63) is 29.7 Å².